The Morgan fingerprint density at radius 1 is 1.07 bits per heavy atom. The number of imidazole rings is 1. The number of halogens is 4. The molecular weight excluding hydrogens is 604 g/mol. The Bertz CT molecular complexity index is 2060. The molecule has 3 aromatic heterocycles. The van der Waals surface area contributed by atoms with Crippen LogP contribution in [0.15, 0.2) is 59.3 Å². The summed E-state index contributed by atoms with van der Waals surface area (Å²) < 4.78 is 142. The number of rotatable bonds is 7. The maximum Gasteiger partial charge on any atom is 0.324 e. The van der Waals surface area contributed by atoms with E-state index in [-0.39, 0.29) is 6.61 Å². The molecule has 10 nitrogen and oxygen atoms in total. The largest absolute Gasteiger partial charge is 0.492 e. The summed E-state index contributed by atoms with van der Waals surface area (Å²) in [4.78, 5) is 18.3. The molecule has 4 atom stereocenters. The van der Waals surface area contributed by atoms with Gasteiger partial charge in [-0.1, -0.05) is 49.2 Å². The van der Waals surface area contributed by atoms with E-state index < -0.39 is 75.4 Å². The number of nitrogens with zero attached hydrogens (tertiary/aromatic N) is 4. The topological polar surface area (TPSA) is 106 Å². The lowest BCUT2D eigenvalue weighted by Crippen LogP contribution is -2.56. The average Bonchev–Trinajstić information content (AvgIpc) is 3.75. The zero-order valence-corrected chi connectivity index (χ0v) is 23.1. The smallest absolute Gasteiger partial charge is 0.324 e. The first-order valence-electron chi connectivity index (χ1n) is 17.4. The van der Waals surface area contributed by atoms with Crippen LogP contribution in [0.2, 0.25) is 0 Å². The third-order valence-corrected chi connectivity index (χ3v) is 7.59. The van der Waals surface area contributed by atoms with Crippen molar-refractivity contribution < 1.29 is 48.7 Å². The van der Waals surface area contributed by atoms with E-state index in [0.29, 0.717) is 32.6 Å². The van der Waals surface area contributed by atoms with Crippen LogP contribution in [0.25, 0.3) is 26.4 Å². The van der Waals surface area contributed by atoms with Gasteiger partial charge in [0.2, 0.25) is 25.3 Å². The number of hydrogen-bond donors (Lipinski definition) is 2. The van der Waals surface area contributed by atoms with Crippen LogP contribution in [0.3, 0.4) is 0 Å². The van der Waals surface area contributed by atoms with Crippen molar-refractivity contribution in [2.24, 2.45) is 0 Å². The minimum Gasteiger partial charge on any atom is -0.492 e. The van der Waals surface area contributed by atoms with Gasteiger partial charge in [0.25, 0.3) is 0 Å². The zero-order chi connectivity index (χ0) is 38.7. The second-order valence-electron chi connectivity index (χ2n) is 9.66. The van der Waals surface area contributed by atoms with Gasteiger partial charge in [-0.15, -0.1) is 0 Å². The summed E-state index contributed by atoms with van der Waals surface area (Å²) >= 11 is 1.33. The van der Waals surface area contributed by atoms with E-state index in [9.17, 15) is 22.4 Å². The molecule has 232 valence electrons. The Morgan fingerprint density at radius 2 is 1.82 bits per heavy atom. The summed E-state index contributed by atoms with van der Waals surface area (Å²) in [5.74, 6) is -1.03. The van der Waals surface area contributed by atoms with E-state index in [1.165, 1.54) is 11.3 Å². The number of morpholine rings is 1. The van der Waals surface area contributed by atoms with Gasteiger partial charge in [-0.3, -0.25) is 9.72 Å². The molecule has 15 heteroatoms. The SMILES string of the molecule is [2H]C([2H])([2H])C(c1cc(NC(=O)Nc2ccc(-c3cn4c(n3)sc3cc(OCCN5C(F)C(F)OC(F)C5F)ccc34)cc2)no1)(C([2H])([2H])[2H])C([2H])([2H])[2H]. The van der Waals surface area contributed by atoms with Gasteiger partial charge in [-0.05, 0) is 30.3 Å². The van der Waals surface area contributed by atoms with Crippen molar-refractivity contribution in [3.8, 4) is 17.0 Å². The molecule has 1 saturated heterocycles. The molecule has 1 aliphatic rings. The molecule has 6 rings (SSSR count). The van der Waals surface area contributed by atoms with Crippen LogP contribution < -0.4 is 15.4 Å². The van der Waals surface area contributed by atoms with Crippen LogP contribution in [0.5, 0.6) is 5.75 Å². The van der Waals surface area contributed by atoms with Crippen LogP contribution in [-0.2, 0) is 10.2 Å². The first-order chi connectivity index (χ1) is 24.7. The van der Waals surface area contributed by atoms with E-state index >= 15 is 0 Å². The maximum absolute atomic E-state index is 14.0. The van der Waals surface area contributed by atoms with Crippen molar-refractivity contribution >= 4 is 44.1 Å². The van der Waals surface area contributed by atoms with Gasteiger partial charge in [0.1, 0.15) is 18.1 Å². The van der Waals surface area contributed by atoms with Crippen LogP contribution in [-0.4, -0.2) is 63.9 Å². The van der Waals surface area contributed by atoms with E-state index in [4.69, 9.17) is 21.6 Å². The number of carbonyl (C=O) groups is 1. The molecule has 2 N–H and O–H groups in total. The summed E-state index contributed by atoms with van der Waals surface area (Å²) in [5.41, 5.74) is -1.06. The lowest BCUT2D eigenvalue weighted by Gasteiger charge is -2.36. The van der Waals surface area contributed by atoms with Crippen molar-refractivity contribution in [3.63, 3.8) is 0 Å². The first-order valence-corrected chi connectivity index (χ1v) is 13.7. The Kier molecular flexibility index (Phi) is 5.51. The quantitative estimate of drug-likeness (QED) is 0.145. The average molecular weight is 642 g/mol. The number of alkyl halides is 4. The summed E-state index contributed by atoms with van der Waals surface area (Å²) in [6.07, 6.45) is -8.41. The van der Waals surface area contributed by atoms with Crippen molar-refractivity contribution in [3.05, 3.63) is 60.5 Å². The first kappa shape index (κ1) is 20.7. The highest BCUT2D eigenvalue weighted by atomic mass is 32.1. The second-order valence-corrected chi connectivity index (χ2v) is 10.7. The predicted octanol–water partition coefficient (Wildman–Crippen LogP) is 7.04. The van der Waals surface area contributed by atoms with Crippen molar-refractivity contribution in [2.45, 2.75) is 51.3 Å². The van der Waals surface area contributed by atoms with Crippen LogP contribution in [0.4, 0.5) is 33.9 Å². The molecule has 4 heterocycles. The van der Waals surface area contributed by atoms with Gasteiger partial charge in [0.15, 0.2) is 10.8 Å². The molecule has 5 aromatic rings. The van der Waals surface area contributed by atoms with Gasteiger partial charge >= 0.3 is 6.03 Å². The number of amides is 2. The number of urea groups is 1. The van der Waals surface area contributed by atoms with Gasteiger partial charge in [0.05, 0.1) is 15.9 Å². The normalized spacial score (nSPS) is 25.0. The van der Waals surface area contributed by atoms with Gasteiger partial charge in [-0.2, -0.15) is 0 Å². The fourth-order valence-electron chi connectivity index (χ4n) is 4.43. The molecule has 2 aromatic carbocycles. The number of carbonyl (C=O) groups excluding carboxylic acids is 1. The molecule has 1 aliphatic heterocycles. The molecule has 0 aliphatic carbocycles. The third-order valence-electron chi connectivity index (χ3n) is 6.57. The number of benzene rings is 2. The molecule has 0 saturated carbocycles. The summed E-state index contributed by atoms with van der Waals surface area (Å²) in [7, 11) is 0. The Hall–Kier alpha value is -4.21. The molecule has 0 radical (unpaired) electrons. The molecule has 44 heavy (non-hydrogen) atoms. The molecule has 0 spiro atoms. The minimum atomic E-state index is -3.56. The predicted molar refractivity (Wildman–Crippen MR) is 157 cm³/mol. The van der Waals surface area contributed by atoms with E-state index in [1.54, 1.807) is 48.7 Å². The fourth-order valence-corrected chi connectivity index (χ4v) is 5.47. The number of fused-ring (bicyclic) bond motifs is 3. The van der Waals surface area contributed by atoms with Gasteiger partial charge in [-0.25, -0.2) is 32.2 Å². The lowest BCUT2D eigenvalue weighted by molar-refractivity contribution is -0.292. The highest BCUT2D eigenvalue weighted by Crippen LogP contribution is 2.33. The number of hydrogen-bond acceptors (Lipinski definition) is 8. The molecule has 1 fully saturated rings. The number of thiazole rings is 1. The third kappa shape index (κ3) is 6.07. The summed E-state index contributed by atoms with van der Waals surface area (Å²) in [6, 6.07) is 11.4. The highest BCUT2D eigenvalue weighted by molar-refractivity contribution is 7.23. The lowest BCUT2D eigenvalue weighted by atomic mass is 9.93. The molecular formula is C29H28F4N6O4S. The molecule has 4 unspecified atom stereocenters. The number of anilines is 2. The van der Waals surface area contributed by atoms with E-state index in [2.05, 4.69) is 25.5 Å². The second kappa shape index (κ2) is 11.7. The standard InChI is InChI=1S/C29H28F4N6O4S/c1-29(2,3)21-13-22(37-43-21)36-27(40)34-16-6-4-15(5-7-16)18-14-39-19-9-8-17(12-20(19)44-28(39)35-18)41-11-10-38-23(30)25(32)42-26(33)24(38)31/h4-9,12-14,23-26H,10-11H2,1-3H3,(H2,34,36,37,40)/i1D3,2D3,3D3. The maximum atomic E-state index is 14.0. The Balaban J connectivity index is 1.09. The van der Waals surface area contributed by atoms with Crippen LogP contribution >= 0.6 is 11.3 Å². The van der Waals surface area contributed by atoms with Crippen molar-refractivity contribution in [1.29, 1.82) is 0 Å². The number of ether oxygens (including phenoxy) is 2. The molecule has 2 amide bonds. The monoisotopic (exact) mass is 641 g/mol. The van der Waals surface area contributed by atoms with Crippen molar-refractivity contribution in [2.75, 3.05) is 23.8 Å². The van der Waals surface area contributed by atoms with Gasteiger partial charge < -0.3 is 19.3 Å². The number of nitrogens with one attached hydrogen (secondary N) is 2. The number of aromatic nitrogens is 3. The van der Waals surface area contributed by atoms with Crippen LogP contribution in [0.1, 0.15) is 38.7 Å². The summed E-state index contributed by atoms with van der Waals surface area (Å²) in [6.45, 7) is -11.4. The summed E-state index contributed by atoms with van der Waals surface area (Å²) in [5, 5.41) is 8.25. The highest BCUT2D eigenvalue weighted by Gasteiger charge is 2.45. The Morgan fingerprint density at radius 3 is 2.55 bits per heavy atom. The Labute approximate surface area is 265 Å². The molecule has 0 bridgehead atoms. The van der Waals surface area contributed by atoms with E-state index in [1.807, 2.05) is 4.40 Å². The zero-order valence-electron chi connectivity index (χ0n) is 31.3. The minimum absolute atomic E-state index is 0.251. The van der Waals surface area contributed by atoms with Crippen molar-refractivity contribution in [1.82, 2.24) is 19.4 Å². The fraction of sp³-hybridized carbons (Fsp3) is 0.345. The van der Waals surface area contributed by atoms with Gasteiger partial charge in [0, 0.05) is 47.8 Å². The van der Waals surface area contributed by atoms with E-state index in [0.717, 1.165) is 16.3 Å². The van der Waals surface area contributed by atoms with Crippen LogP contribution in [0, 0.1) is 0 Å².